The van der Waals surface area contributed by atoms with E-state index in [1.54, 1.807) is 13.8 Å². The van der Waals surface area contributed by atoms with Crippen LogP contribution in [0, 0.1) is 5.92 Å². The Hall–Kier alpha value is -1.37. The van der Waals surface area contributed by atoms with Crippen LogP contribution in [0.25, 0.3) is 0 Å². The van der Waals surface area contributed by atoms with Crippen LogP contribution >= 0.6 is 0 Å². The zero-order valence-corrected chi connectivity index (χ0v) is 14.7. The number of carbonyl (C=O) groups excluding carboxylic acids is 1. The maximum absolute atomic E-state index is 12.8. The van der Waals surface area contributed by atoms with E-state index in [0.717, 1.165) is 19.4 Å². The Morgan fingerprint density at radius 3 is 2.65 bits per heavy atom. The molecule has 7 heteroatoms. The van der Waals surface area contributed by atoms with E-state index in [1.807, 2.05) is 4.90 Å². The van der Waals surface area contributed by atoms with Gasteiger partial charge >= 0.3 is 10.2 Å². The molecule has 1 aliphatic carbocycles. The average Bonchev–Trinajstić information content (AvgIpc) is 2.49. The molecule has 6 nitrogen and oxygen atoms in total. The number of fused-ring (bicyclic) bond motifs is 1. The number of hydrogen-bond acceptors (Lipinski definition) is 3. The predicted octanol–water partition coefficient (Wildman–Crippen LogP) is 2.14. The smallest absolute Gasteiger partial charge is 0.339 e. The van der Waals surface area contributed by atoms with E-state index < -0.39 is 10.2 Å². The highest BCUT2D eigenvalue weighted by atomic mass is 32.2. The molecule has 0 aromatic heterocycles. The molecule has 3 aliphatic rings. The first-order valence-electron chi connectivity index (χ1n) is 8.46. The summed E-state index contributed by atoms with van der Waals surface area (Å²) in [7, 11) is -3.64. The normalized spacial score (nSPS) is 30.3. The van der Waals surface area contributed by atoms with E-state index in [4.69, 9.17) is 0 Å². The van der Waals surface area contributed by atoms with E-state index >= 15 is 0 Å². The van der Waals surface area contributed by atoms with Crippen LogP contribution in [0.1, 0.15) is 58.8 Å². The molecule has 0 aromatic carbocycles. The van der Waals surface area contributed by atoms with Gasteiger partial charge in [0.15, 0.2) is 0 Å². The number of rotatable bonds is 2. The fourth-order valence-corrected chi connectivity index (χ4v) is 5.26. The van der Waals surface area contributed by atoms with E-state index in [0.29, 0.717) is 28.9 Å². The second-order valence-corrected chi connectivity index (χ2v) is 8.21. The Labute approximate surface area is 138 Å². The summed E-state index contributed by atoms with van der Waals surface area (Å²) in [5, 5.41) is 0. The molecule has 1 amide bonds. The summed E-state index contributed by atoms with van der Waals surface area (Å²) in [6.45, 7) is 4.18. The third-order valence-corrected chi connectivity index (χ3v) is 6.40. The zero-order chi connectivity index (χ0) is 16.6. The molecule has 0 radical (unpaired) electrons. The molecule has 2 atom stereocenters. The molecule has 1 N–H and O–H groups in total. The van der Waals surface area contributed by atoms with Crippen LogP contribution in [0.2, 0.25) is 0 Å². The van der Waals surface area contributed by atoms with Gasteiger partial charge in [0.1, 0.15) is 0 Å². The summed E-state index contributed by atoms with van der Waals surface area (Å²) < 4.78 is 29.2. The summed E-state index contributed by atoms with van der Waals surface area (Å²) in [4.78, 5) is 14.9. The maximum Gasteiger partial charge on any atom is 0.342 e. The number of likely N-dealkylation sites (tertiary alicyclic amines) is 1. The molecule has 1 saturated heterocycles. The van der Waals surface area contributed by atoms with Crippen molar-refractivity contribution in [3.8, 4) is 0 Å². The van der Waals surface area contributed by atoms with Gasteiger partial charge in [0.2, 0.25) is 5.91 Å². The first-order valence-corrected chi connectivity index (χ1v) is 9.90. The predicted molar refractivity (Wildman–Crippen MR) is 89.2 cm³/mol. The van der Waals surface area contributed by atoms with Crippen LogP contribution in [-0.2, 0) is 15.0 Å². The van der Waals surface area contributed by atoms with Gasteiger partial charge in [-0.05, 0) is 45.4 Å². The van der Waals surface area contributed by atoms with Crippen molar-refractivity contribution in [3.63, 3.8) is 0 Å². The fraction of sp³-hybridized carbons (Fsp3) is 0.750. The van der Waals surface area contributed by atoms with Crippen LogP contribution < -0.4 is 4.72 Å². The third-order valence-electron chi connectivity index (χ3n) is 5.32. The standard InChI is InChI=1S/C16H25N3O3S/c1-11-14(12(2)18-23(21,22)17-11)10-16(20)19-9-5-7-13-6-3-4-8-15(13)19/h13,15,17H,3-10H2,1-2H3/t13-,15+/m0/s1. The number of amides is 1. The van der Waals surface area contributed by atoms with Gasteiger partial charge in [-0.25, -0.2) is 0 Å². The van der Waals surface area contributed by atoms with Crippen LogP contribution in [0.5, 0.6) is 0 Å². The minimum Gasteiger partial charge on any atom is -0.339 e. The Kier molecular flexibility index (Phi) is 4.49. The van der Waals surface area contributed by atoms with Gasteiger partial charge in [0, 0.05) is 23.9 Å². The lowest BCUT2D eigenvalue weighted by molar-refractivity contribution is -0.136. The molecule has 2 fully saturated rings. The van der Waals surface area contributed by atoms with Crippen molar-refractivity contribution in [2.45, 2.75) is 64.8 Å². The van der Waals surface area contributed by atoms with Gasteiger partial charge in [-0.2, -0.15) is 8.42 Å². The second kappa shape index (κ2) is 6.26. The Bertz CT molecular complexity index is 664. The lowest BCUT2D eigenvalue weighted by Gasteiger charge is -2.44. The first kappa shape index (κ1) is 16.5. The number of allylic oxidation sites excluding steroid dienone is 1. The van der Waals surface area contributed by atoms with Crippen molar-refractivity contribution in [1.82, 2.24) is 9.62 Å². The SMILES string of the molecule is CC1=NS(=O)(=O)NC(C)=C1CC(=O)N1CCC[C@@H]2CCCC[C@H]21. The van der Waals surface area contributed by atoms with E-state index in [9.17, 15) is 13.2 Å². The molecule has 1 saturated carbocycles. The van der Waals surface area contributed by atoms with Gasteiger partial charge in [-0.1, -0.05) is 12.8 Å². The lowest BCUT2D eigenvalue weighted by atomic mass is 9.78. The van der Waals surface area contributed by atoms with E-state index in [-0.39, 0.29) is 12.3 Å². The van der Waals surface area contributed by atoms with Crippen molar-refractivity contribution >= 4 is 21.8 Å². The van der Waals surface area contributed by atoms with Gasteiger partial charge in [0.25, 0.3) is 0 Å². The van der Waals surface area contributed by atoms with Gasteiger partial charge in [-0.15, -0.1) is 4.40 Å². The molecule has 0 spiro atoms. The number of nitrogens with zero attached hydrogens (tertiary/aromatic N) is 2. The first-order chi connectivity index (χ1) is 10.9. The van der Waals surface area contributed by atoms with Crippen molar-refractivity contribution in [2.75, 3.05) is 6.54 Å². The van der Waals surface area contributed by atoms with Crippen LogP contribution in [0.3, 0.4) is 0 Å². The molecule has 3 rings (SSSR count). The molecule has 2 aliphatic heterocycles. The number of piperidine rings is 1. The number of carbonyl (C=O) groups is 1. The Morgan fingerprint density at radius 1 is 1.22 bits per heavy atom. The van der Waals surface area contributed by atoms with Crippen LogP contribution in [0.4, 0.5) is 0 Å². The number of hydrogen-bond donors (Lipinski definition) is 1. The van der Waals surface area contributed by atoms with Crippen molar-refractivity contribution < 1.29 is 13.2 Å². The lowest BCUT2D eigenvalue weighted by Crippen LogP contribution is -2.50. The highest BCUT2D eigenvalue weighted by molar-refractivity contribution is 7.88. The monoisotopic (exact) mass is 339 g/mol. The summed E-state index contributed by atoms with van der Waals surface area (Å²) in [6, 6.07) is 0.378. The molecule has 0 aromatic rings. The quantitative estimate of drug-likeness (QED) is 0.837. The van der Waals surface area contributed by atoms with E-state index in [1.165, 1.54) is 25.7 Å². The minimum atomic E-state index is -3.64. The topological polar surface area (TPSA) is 78.8 Å². The Balaban J connectivity index is 1.75. The molecule has 23 heavy (non-hydrogen) atoms. The average molecular weight is 339 g/mol. The summed E-state index contributed by atoms with van der Waals surface area (Å²) in [5.41, 5.74) is 1.65. The van der Waals surface area contributed by atoms with Gasteiger partial charge in [0.05, 0.1) is 12.1 Å². The molecule has 2 heterocycles. The molecule has 128 valence electrons. The highest BCUT2D eigenvalue weighted by Crippen LogP contribution is 2.36. The van der Waals surface area contributed by atoms with Crippen molar-refractivity contribution in [2.24, 2.45) is 10.3 Å². The molecule has 0 unspecified atom stereocenters. The fourth-order valence-electron chi connectivity index (χ4n) is 4.23. The van der Waals surface area contributed by atoms with Crippen LogP contribution in [0.15, 0.2) is 15.7 Å². The minimum absolute atomic E-state index is 0.103. The van der Waals surface area contributed by atoms with E-state index in [2.05, 4.69) is 9.12 Å². The zero-order valence-electron chi connectivity index (χ0n) is 13.8. The Morgan fingerprint density at radius 2 is 1.91 bits per heavy atom. The van der Waals surface area contributed by atoms with Crippen molar-refractivity contribution in [3.05, 3.63) is 11.3 Å². The highest BCUT2D eigenvalue weighted by Gasteiger charge is 2.36. The summed E-state index contributed by atoms with van der Waals surface area (Å²) in [6.07, 6.45) is 7.35. The second-order valence-electron chi connectivity index (χ2n) is 6.88. The van der Waals surface area contributed by atoms with Gasteiger partial charge < -0.3 is 4.90 Å². The largest absolute Gasteiger partial charge is 0.342 e. The molecular formula is C16H25N3O3S. The maximum atomic E-state index is 12.8. The third kappa shape index (κ3) is 3.44. The number of nitrogens with one attached hydrogen (secondary N) is 1. The molecular weight excluding hydrogens is 314 g/mol. The van der Waals surface area contributed by atoms with Crippen molar-refractivity contribution in [1.29, 1.82) is 0 Å². The summed E-state index contributed by atoms with van der Waals surface area (Å²) in [5.74, 6) is 0.753. The van der Waals surface area contributed by atoms with Crippen LogP contribution in [-0.4, -0.2) is 37.5 Å². The van der Waals surface area contributed by atoms with Gasteiger partial charge in [-0.3, -0.25) is 9.52 Å². The molecule has 0 bridgehead atoms. The summed E-state index contributed by atoms with van der Waals surface area (Å²) >= 11 is 0.